The van der Waals surface area contributed by atoms with Crippen molar-refractivity contribution < 1.29 is 14.3 Å². The Morgan fingerprint density at radius 3 is 2.90 bits per heavy atom. The van der Waals surface area contributed by atoms with Crippen molar-refractivity contribution in [2.24, 2.45) is 0 Å². The Hall–Kier alpha value is -2.34. The Labute approximate surface area is 114 Å². The normalized spacial score (nSPS) is 24.8. The molecular weight excluding hydrogens is 258 g/mol. The Balaban J connectivity index is 1.93. The molecule has 4 rings (SSSR count). The van der Waals surface area contributed by atoms with Crippen LogP contribution in [0.1, 0.15) is 11.3 Å². The summed E-state index contributed by atoms with van der Waals surface area (Å²) >= 11 is 0. The van der Waals surface area contributed by atoms with Crippen LogP contribution in [0.4, 0.5) is 4.79 Å². The van der Waals surface area contributed by atoms with Crippen molar-refractivity contribution >= 4 is 22.8 Å². The van der Waals surface area contributed by atoms with Crippen molar-refractivity contribution in [2.75, 3.05) is 7.11 Å². The number of fused-ring (bicyclic) bond motifs is 4. The van der Waals surface area contributed by atoms with Gasteiger partial charge in [-0.2, -0.15) is 0 Å². The van der Waals surface area contributed by atoms with Gasteiger partial charge >= 0.3 is 6.03 Å². The standard InChI is InChI=1S/C14H13N3O3/c1-20-14-6-9-8-4-2-3-5-10(8)15-11(9)7-17(14)13(19)16-12(14)18/h2-5,15H,6-7H2,1H3,(H,16,18,19). The summed E-state index contributed by atoms with van der Waals surface area (Å²) in [4.78, 5) is 28.8. The summed E-state index contributed by atoms with van der Waals surface area (Å²) < 4.78 is 5.44. The van der Waals surface area contributed by atoms with Crippen LogP contribution in [0.15, 0.2) is 24.3 Å². The topological polar surface area (TPSA) is 74.4 Å². The highest BCUT2D eigenvalue weighted by Crippen LogP contribution is 2.38. The zero-order chi connectivity index (χ0) is 13.9. The second-order valence-corrected chi connectivity index (χ2v) is 5.14. The maximum atomic E-state index is 12.1. The lowest BCUT2D eigenvalue weighted by Crippen LogP contribution is -2.55. The Morgan fingerprint density at radius 2 is 2.10 bits per heavy atom. The van der Waals surface area contributed by atoms with E-state index in [1.54, 1.807) is 0 Å². The minimum Gasteiger partial charge on any atom is -0.357 e. The first kappa shape index (κ1) is 11.5. The molecule has 2 aliphatic heterocycles. The number of para-hydroxylation sites is 1. The number of hydrogen-bond acceptors (Lipinski definition) is 3. The Morgan fingerprint density at radius 1 is 1.30 bits per heavy atom. The van der Waals surface area contributed by atoms with Gasteiger partial charge in [-0.25, -0.2) is 4.79 Å². The summed E-state index contributed by atoms with van der Waals surface area (Å²) in [5.41, 5.74) is 1.81. The fourth-order valence-electron chi connectivity index (χ4n) is 3.19. The van der Waals surface area contributed by atoms with E-state index in [0.717, 1.165) is 22.2 Å². The van der Waals surface area contributed by atoms with E-state index in [0.29, 0.717) is 13.0 Å². The second-order valence-electron chi connectivity index (χ2n) is 5.14. The van der Waals surface area contributed by atoms with Crippen molar-refractivity contribution in [1.82, 2.24) is 15.2 Å². The van der Waals surface area contributed by atoms with E-state index in [-0.39, 0.29) is 5.91 Å². The zero-order valence-corrected chi connectivity index (χ0v) is 10.9. The number of urea groups is 1. The average molecular weight is 271 g/mol. The van der Waals surface area contributed by atoms with Gasteiger partial charge in [0.05, 0.1) is 6.54 Å². The highest BCUT2D eigenvalue weighted by Gasteiger charge is 2.56. The lowest BCUT2D eigenvalue weighted by atomic mass is 9.94. The predicted octanol–water partition coefficient (Wildman–Crippen LogP) is 1.12. The van der Waals surface area contributed by atoms with Crippen molar-refractivity contribution in [2.45, 2.75) is 18.7 Å². The number of nitrogens with one attached hydrogen (secondary N) is 2. The van der Waals surface area contributed by atoms with Crippen LogP contribution in [0.2, 0.25) is 0 Å². The number of methoxy groups -OCH3 is 1. The molecule has 0 spiro atoms. The SMILES string of the molecule is COC12Cc3c([nH]c4ccccc34)CN1C(=O)NC2=O. The Bertz CT molecular complexity index is 751. The van der Waals surface area contributed by atoms with Crippen LogP contribution in [0.5, 0.6) is 0 Å². The number of hydrogen-bond donors (Lipinski definition) is 2. The first-order chi connectivity index (χ1) is 9.65. The van der Waals surface area contributed by atoms with Gasteiger partial charge in [0.15, 0.2) is 0 Å². The molecule has 102 valence electrons. The molecule has 2 aliphatic rings. The summed E-state index contributed by atoms with van der Waals surface area (Å²) in [7, 11) is 1.46. The lowest BCUT2D eigenvalue weighted by Gasteiger charge is -2.37. The molecule has 2 aromatic rings. The van der Waals surface area contributed by atoms with Gasteiger partial charge in [-0.1, -0.05) is 18.2 Å². The monoisotopic (exact) mass is 271 g/mol. The number of carbonyl (C=O) groups is 2. The van der Waals surface area contributed by atoms with Crippen molar-refractivity contribution in [3.63, 3.8) is 0 Å². The minimum atomic E-state index is -1.21. The number of H-pyrrole nitrogens is 1. The van der Waals surface area contributed by atoms with Crippen LogP contribution in [0.3, 0.4) is 0 Å². The summed E-state index contributed by atoms with van der Waals surface area (Å²) in [5.74, 6) is -0.388. The third-order valence-electron chi connectivity index (χ3n) is 4.23. The number of imide groups is 1. The van der Waals surface area contributed by atoms with E-state index in [1.807, 2.05) is 24.3 Å². The van der Waals surface area contributed by atoms with Crippen LogP contribution in [0.25, 0.3) is 10.9 Å². The first-order valence-corrected chi connectivity index (χ1v) is 6.42. The molecule has 1 aromatic carbocycles. The molecule has 1 saturated heterocycles. The molecule has 0 saturated carbocycles. The fraction of sp³-hybridized carbons (Fsp3) is 0.286. The summed E-state index contributed by atoms with van der Waals surface area (Å²) in [6.07, 6.45) is 0.362. The van der Waals surface area contributed by atoms with Crippen molar-refractivity contribution in [1.29, 1.82) is 0 Å². The van der Waals surface area contributed by atoms with E-state index >= 15 is 0 Å². The van der Waals surface area contributed by atoms with E-state index in [1.165, 1.54) is 12.0 Å². The molecule has 6 heteroatoms. The number of aromatic nitrogens is 1. The molecular formula is C14H13N3O3. The van der Waals surface area contributed by atoms with E-state index in [9.17, 15) is 9.59 Å². The maximum Gasteiger partial charge on any atom is 0.327 e. The highest BCUT2D eigenvalue weighted by molar-refractivity contribution is 6.07. The average Bonchev–Trinajstić information content (AvgIpc) is 2.93. The third-order valence-corrected chi connectivity index (χ3v) is 4.23. The van der Waals surface area contributed by atoms with Gasteiger partial charge in [0.1, 0.15) is 0 Å². The first-order valence-electron chi connectivity index (χ1n) is 6.42. The number of rotatable bonds is 1. The molecule has 6 nitrogen and oxygen atoms in total. The highest BCUT2D eigenvalue weighted by atomic mass is 16.5. The summed E-state index contributed by atoms with van der Waals surface area (Å²) in [6.45, 7) is 0.343. The van der Waals surface area contributed by atoms with Gasteiger partial charge in [-0.3, -0.25) is 15.0 Å². The van der Waals surface area contributed by atoms with Crippen molar-refractivity contribution in [3.8, 4) is 0 Å². The molecule has 0 bridgehead atoms. The van der Waals surface area contributed by atoms with Gasteiger partial charge in [-0.15, -0.1) is 0 Å². The fourth-order valence-corrected chi connectivity index (χ4v) is 3.19. The minimum absolute atomic E-state index is 0.343. The van der Waals surface area contributed by atoms with Crippen LogP contribution in [-0.4, -0.2) is 34.7 Å². The van der Waals surface area contributed by atoms with E-state index in [2.05, 4.69) is 10.3 Å². The van der Waals surface area contributed by atoms with Crippen LogP contribution >= 0.6 is 0 Å². The predicted molar refractivity (Wildman–Crippen MR) is 70.8 cm³/mol. The molecule has 0 aliphatic carbocycles. The van der Waals surface area contributed by atoms with Crippen LogP contribution < -0.4 is 5.32 Å². The molecule has 3 heterocycles. The van der Waals surface area contributed by atoms with Gasteiger partial charge < -0.3 is 9.72 Å². The number of benzene rings is 1. The van der Waals surface area contributed by atoms with Gasteiger partial charge in [0, 0.05) is 30.1 Å². The second kappa shape index (κ2) is 3.61. The Kier molecular flexibility index (Phi) is 2.07. The third kappa shape index (κ3) is 1.21. The molecule has 0 radical (unpaired) electrons. The quantitative estimate of drug-likeness (QED) is 0.763. The van der Waals surface area contributed by atoms with Crippen LogP contribution in [-0.2, 0) is 22.5 Å². The number of aromatic amines is 1. The molecule has 2 N–H and O–H groups in total. The number of nitrogens with zero attached hydrogens (tertiary/aromatic N) is 1. The van der Waals surface area contributed by atoms with E-state index in [4.69, 9.17) is 4.74 Å². The van der Waals surface area contributed by atoms with Crippen molar-refractivity contribution in [3.05, 3.63) is 35.5 Å². The number of ether oxygens (including phenoxy) is 1. The summed E-state index contributed by atoms with van der Waals surface area (Å²) in [5, 5.41) is 3.41. The van der Waals surface area contributed by atoms with E-state index < -0.39 is 11.8 Å². The smallest absolute Gasteiger partial charge is 0.327 e. The summed E-state index contributed by atoms with van der Waals surface area (Å²) in [6, 6.07) is 7.51. The van der Waals surface area contributed by atoms with Gasteiger partial charge in [-0.05, 0) is 11.6 Å². The largest absolute Gasteiger partial charge is 0.357 e. The molecule has 1 aromatic heterocycles. The molecule has 3 amide bonds. The molecule has 1 unspecified atom stereocenters. The molecule has 1 atom stereocenters. The van der Waals surface area contributed by atoms with Crippen LogP contribution in [0, 0.1) is 0 Å². The molecule has 1 fully saturated rings. The van der Waals surface area contributed by atoms with Gasteiger partial charge in [0.2, 0.25) is 5.72 Å². The number of carbonyl (C=O) groups excluding carboxylic acids is 2. The van der Waals surface area contributed by atoms with Gasteiger partial charge in [0.25, 0.3) is 5.91 Å². The maximum absolute atomic E-state index is 12.1. The number of amides is 3. The zero-order valence-electron chi connectivity index (χ0n) is 10.9. The molecule has 20 heavy (non-hydrogen) atoms. The lowest BCUT2D eigenvalue weighted by molar-refractivity contribution is -0.157.